The second-order valence-electron chi connectivity index (χ2n) is 4.88. The number of rotatable bonds is 4. The van der Waals surface area contributed by atoms with Crippen LogP contribution in [-0.2, 0) is 4.79 Å². The van der Waals surface area contributed by atoms with E-state index < -0.39 is 0 Å². The SMILES string of the molecule is N#Cc1ccc(Nc2ccc(NC(=O)C3CC3)nn2)cc1. The Morgan fingerprint density at radius 3 is 2.33 bits per heavy atom. The van der Waals surface area contributed by atoms with E-state index in [0.717, 1.165) is 18.5 Å². The van der Waals surface area contributed by atoms with Crippen LogP contribution in [0.15, 0.2) is 36.4 Å². The summed E-state index contributed by atoms with van der Waals surface area (Å²) in [7, 11) is 0. The molecule has 0 radical (unpaired) electrons. The van der Waals surface area contributed by atoms with E-state index in [0.29, 0.717) is 17.2 Å². The van der Waals surface area contributed by atoms with Gasteiger partial charge < -0.3 is 10.6 Å². The topological polar surface area (TPSA) is 90.7 Å². The van der Waals surface area contributed by atoms with Gasteiger partial charge in [-0.3, -0.25) is 4.79 Å². The molecule has 1 aliphatic rings. The monoisotopic (exact) mass is 279 g/mol. The van der Waals surface area contributed by atoms with E-state index in [1.165, 1.54) is 0 Å². The summed E-state index contributed by atoms with van der Waals surface area (Å²) in [6, 6.07) is 12.5. The summed E-state index contributed by atoms with van der Waals surface area (Å²) in [5.41, 5.74) is 1.42. The van der Waals surface area contributed by atoms with Crippen molar-refractivity contribution in [1.29, 1.82) is 5.26 Å². The van der Waals surface area contributed by atoms with Gasteiger partial charge in [-0.25, -0.2) is 0 Å². The number of nitrogens with one attached hydrogen (secondary N) is 2. The summed E-state index contributed by atoms with van der Waals surface area (Å²) >= 11 is 0. The zero-order chi connectivity index (χ0) is 14.7. The average molecular weight is 279 g/mol. The largest absolute Gasteiger partial charge is 0.339 e. The summed E-state index contributed by atoms with van der Waals surface area (Å²) in [6.45, 7) is 0. The van der Waals surface area contributed by atoms with Crippen LogP contribution >= 0.6 is 0 Å². The molecule has 21 heavy (non-hydrogen) atoms. The van der Waals surface area contributed by atoms with Crippen molar-refractivity contribution in [3.63, 3.8) is 0 Å². The first kappa shape index (κ1) is 13.1. The molecule has 1 aliphatic carbocycles. The van der Waals surface area contributed by atoms with E-state index in [9.17, 15) is 4.79 Å². The molecule has 1 aromatic carbocycles. The molecule has 1 amide bonds. The maximum atomic E-state index is 11.6. The van der Waals surface area contributed by atoms with Gasteiger partial charge in [-0.05, 0) is 49.2 Å². The molecule has 1 saturated carbocycles. The van der Waals surface area contributed by atoms with Crippen molar-refractivity contribution >= 4 is 23.2 Å². The Kier molecular flexibility index (Phi) is 3.48. The number of hydrogen-bond donors (Lipinski definition) is 2. The van der Waals surface area contributed by atoms with Gasteiger partial charge in [0.1, 0.15) is 0 Å². The minimum atomic E-state index is 0.0112. The molecule has 0 atom stereocenters. The highest BCUT2D eigenvalue weighted by Gasteiger charge is 2.29. The van der Waals surface area contributed by atoms with Crippen LogP contribution in [-0.4, -0.2) is 16.1 Å². The highest BCUT2D eigenvalue weighted by molar-refractivity contribution is 5.93. The molecule has 1 fully saturated rings. The van der Waals surface area contributed by atoms with Crippen LogP contribution in [0.1, 0.15) is 18.4 Å². The van der Waals surface area contributed by atoms with Crippen LogP contribution in [0.5, 0.6) is 0 Å². The van der Waals surface area contributed by atoms with Crippen LogP contribution < -0.4 is 10.6 Å². The highest BCUT2D eigenvalue weighted by atomic mass is 16.2. The number of nitriles is 1. The van der Waals surface area contributed by atoms with Crippen LogP contribution in [0.3, 0.4) is 0 Å². The maximum absolute atomic E-state index is 11.6. The molecular formula is C15H13N5O. The molecule has 6 nitrogen and oxygen atoms in total. The fourth-order valence-electron chi connectivity index (χ4n) is 1.82. The predicted molar refractivity (Wildman–Crippen MR) is 77.8 cm³/mol. The van der Waals surface area contributed by atoms with Crippen molar-refractivity contribution in [3.05, 3.63) is 42.0 Å². The van der Waals surface area contributed by atoms with E-state index in [4.69, 9.17) is 5.26 Å². The molecule has 3 rings (SSSR count). The predicted octanol–water partition coefficient (Wildman–Crippen LogP) is 2.44. The Bertz CT molecular complexity index is 683. The second kappa shape index (κ2) is 5.59. The van der Waals surface area contributed by atoms with Crippen LogP contribution in [0.25, 0.3) is 0 Å². The Balaban J connectivity index is 1.63. The zero-order valence-corrected chi connectivity index (χ0v) is 11.2. The molecule has 1 aromatic heterocycles. The van der Waals surface area contributed by atoms with Gasteiger partial charge in [-0.1, -0.05) is 0 Å². The Morgan fingerprint density at radius 1 is 1.10 bits per heavy atom. The summed E-state index contributed by atoms with van der Waals surface area (Å²) in [6.07, 6.45) is 1.91. The van der Waals surface area contributed by atoms with Crippen LogP contribution in [0.4, 0.5) is 17.3 Å². The first-order valence-corrected chi connectivity index (χ1v) is 6.66. The van der Waals surface area contributed by atoms with E-state index >= 15 is 0 Å². The maximum Gasteiger partial charge on any atom is 0.228 e. The number of amides is 1. The number of carbonyl (C=O) groups excluding carboxylic acids is 1. The third-order valence-electron chi connectivity index (χ3n) is 3.15. The van der Waals surface area contributed by atoms with Gasteiger partial charge in [0.05, 0.1) is 11.6 Å². The van der Waals surface area contributed by atoms with Gasteiger partial charge in [0, 0.05) is 11.6 Å². The summed E-state index contributed by atoms with van der Waals surface area (Å²) in [5, 5.41) is 22.5. The molecule has 6 heteroatoms. The lowest BCUT2D eigenvalue weighted by Crippen LogP contribution is -2.14. The number of benzene rings is 1. The van der Waals surface area contributed by atoms with Gasteiger partial charge in [0.15, 0.2) is 11.6 Å². The van der Waals surface area contributed by atoms with Crippen molar-refractivity contribution in [2.75, 3.05) is 10.6 Å². The molecule has 0 spiro atoms. The van der Waals surface area contributed by atoms with Crippen molar-refractivity contribution in [2.45, 2.75) is 12.8 Å². The van der Waals surface area contributed by atoms with Gasteiger partial charge in [-0.2, -0.15) is 5.26 Å². The number of hydrogen-bond acceptors (Lipinski definition) is 5. The van der Waals surface area contributed by atoms with Gasteiger partial charge >= 0.3 is 0 Å². The second-order valence-corrected chi connectivity index (χ2v) is 4.88. The quantitative estimate of drug-likeness (QED) is 0.897. The van der Waals surface area contributed by atoms with E-state index in [1.54, 1.807) is 36.4 Å². The first-order chi connectivity index (χ1) is 10.2. The molecule has 2 N–H and O–H groups in total. The standard InChI is InChI=1S/C15H13N5O/c16-9-10-1-5-12(6-2-10)17-13-7-8-14(20-19-13)18-15(21)11-3-4-11/h1-2,5-8,11H,3-4H2,(H,17,19)(H,18,20,21). The van der Waals surface area contributed by atoms with Gasteiger partial charge in [-0.15, -0.1) is 10.2 Å². The number of nitrogens with zero attached hydrogens (tertiary/aromatic N) is 3. The Labute approximate surface area is 121 Å². The van der Waals surface area contributed by atoms with Crippen LogP contribution in [0.2, 0.25) is 0 Å². The lowest BCUT2D eigenvalue weighted by molar-refractivity contribution is -0.117. The summed E-state index contributed by atoms with van der Waals surface area (Å²) < 4.78 is 0. The highest BCUT2D eigenvalue weighted by Crippen LogP contribution is 2.29. The fourth-order valence-corrected chi connectivity index (χ4v) is 1.82. The normalized spacial score (nSPS) is 13.3. The molecule has 0 unspecified atom stereocenters. The Morgan fingerprint density at radius 2 is 1.76 bits per heavy atom. The third kappa shape index (κ3) is 3.34. The third-order valence-corrected chi connectivity index (χ3v) is 3.15. The molecule has 2 aromatic rings. The summed E-state index contributed by atoms with van der Waals surface area (Å²) in [4.78, 5) is 11.6. The minimum Gasteiger partial charge on any atom is -0.339 e. The zero-order valence-electron chi connectivity index (χ0n) is 11.2. The smallest absolute Gasteiger partial charge is 0.228 e. The number of aromatic nitrogens is 2. The van der Waals surface area contributed by atoms with Crippen molar-refractivity contribution in [1.82, 2.24) is 10.2 Å². The van der Waals surface area contributed by atoms with E-state index in [-0.39, 0.29) is 11.8 Å². The van der Waals surface area contributed by atoms with Crippen molar-refractivity contribution in [2.24, 2.45) is 5.92 Å². The molecule has 0 saturated heterocycles. The minimum absolute atomic E-state index is 0.0112. The fraction of sp³-hybridized carbons (Fsp3) is 0.200. The van der Waals surface area contributed by atoms with Gasteiger partial charge in [0.25, 0.3) is 0 Å². The lowest BCUT2D eigenvalue weighted by Gasteiger charge is -2.06. The summed E-state index contributed by atoms with van der Waals surface area (Å²) in [5.74, 6) is 1.18. The number of carbonyl (C=O) groups is 1. The number of anilines is 3. The Hall–Kier alpha value is -2.94. The lowest BCUT2D eigenvalue weighted by atomic mass is 10.2. The molecule has 104 valence electrons. The molecule has 0 aliphatic heterocycles. The van der Waals surface area contributed by atoms with E-state index in [1.807, 2.05) is 0 Å². The van der Waals surface area contributed by atoms with Crippen LogP contribution in [0, 0.1) is 17.2 Å². The molecular weight excluding hydrogens is 266 g/mol. The first-order valence-electron chi connectivity index (χ1n) is 6.66. The van der Waals surface area contributed by atoms with E-state index in [2.05, 4.69) is 26.9 Å². The van der Waals surface area contributed by atoms with Gasteiger partial charge in [0.2, 0.25) is 5.91 Å². The average Bonchev–Trinajstić information content (AvgIpc) is 3.35. The van der Waals surface area contributed by atoms with Crippen molar-refractivity contribution in [3.8, 4) is 6.07 Å². The molecule has 0 bridgehead atoms. The van der Waals surface area contributed by atoms with Crippen molar-refractivity contribution < 1.29 is 4.79 Å². The molecule has 1 heterocycles.